The van der Waals surface area contributed by atoms with Gasteiger partial charge in [-0.2, -0.15) is 0 Å². The lowest BCUT2D eigenvalue weighted by molar-refractivity contribution is -0.385. The summed E-state index contributed by atoms with van der Waals surface area (Å²) in [5, 5.41) is 14.1. The number of hydrogen-bond donors (Lipinski definition) is 1. The Morgan fingerprint density at radius 3 is 2.48 bits per heavy atom. The van der Waals surface area contributed by atoms with Gasteiger partial charge in [0.1, 0.15) is 0 Å². The Labute approximate surface area is 160 Å². The fraction of sp³-hybridized carbons (Fsp3) is 0.222. The van der Waals surface area contributed by atoms with Crippen LogP contribution in [0.3, 0.4) is 0 Å². The second-order valence-electron chi connectivity index (χ2n) is 5.51. The summed E-state index contributed by atoms with van der Waals surface area (Å²) in [6.07, 6.45) is 0. The van der Waals surface area contributed by atoms with E-state index in [1.54, 1.807) is 37.3 Å². The molecule has 0 heterocycles. The molecule has 2 rings (SSSR count). The maximum atomic E-state index is 11.9. The van der Waals surface area contributed by atoms with Crippen molar-refractivity contribution >= 4 is 29.2 Å². The van der Waals surface area contributed by atoms with E-state index in [2.05, 4.69) is 5.32 Å². The highest BCUT2D eigenvalue weighted by molar-refractivity contribution is 6.30. The first-order valence-corrected chi connectivity index (χ1v) is 8.31. The van der Waals surface area contributed by atoms with Crippen LogP contribution in [0.25, 0.3) is 0 Å². The summed E-state index contributed by atoms with van der Waals surface area (Å²) in [5.41, 5.74) is 0.582. The molecule has 2 aromatic rings. The van der Waals surface area contributed by atoms with Crippen LogP contribution in [0.5, 0.6) is 5.75 Å². The minimum atomic E-state index is -0.817. The van der Waals surface area contributed by atoms with E-state index in [1.807, 2.05) is 0 Å². The molecule has 0 saturated carbocycles. The molecule has 0 spiro atoms. The van der Waals surface area contributed by atoms with Crippen LogP contribution < -0.4 is 10.1 Å². The lowest BCUT2D eigenvalue weighted by atomic mass is 10.1. The quantitative estimate of drug-likeness (QED) is 0.420. The van der Waals surface area contributed by atoms with Crippen molar-refractivity contribution in [1.82, 2.24) is 5.32 Å². The predicted octanol–water partition coefficient (Wildman–Crippen LogP) is 3.05. The van der Waals surface area contributed by atoms with Crippen LogP contribution in [0.15, 0.2) is 48.5 Å². The Balaban J connectivity index is 1.77. The fourth-order valence-corrected chi connectivity index (χ4v) is 2.30. The highest BCUT2D eigenvalue weighted by Crippen LogP contribution is 2.25. The Kier molecular flexibility index (Phi) is 7.13. The number of nitro groups is 1. The number of hydrogen-bond acceptors (Lipinski definition) is 6. The van der Waals surface area contributed by atoms with Gasteiger partial charge < -0.3 is 14.8 Å². The molecular weight excluding hydrogens is 376 g/mol. The lowest BCUT2D eigenvalue weighted by Gasteiger charge is -2.14. The normalized spacial score (nSPS) is 11.3. The van der Waals surface area contributed by atoms with Crippen molar-refractivity contribution in [3.8, 4) is 5.75 Å². The van der Waals surface area contributed by atoms with E-state index in [0.717, 1.165) is 5.56 Å². The summed E-state index contributed by atoms with van der Waals surface area (Å²) < 4.78 is 9.91. The summed E-state index contributed by atoms with van der Waals surface area (Å²) >= 11 is 5.81. The van der Waals surface area contributed by atoms with Gasteiger partial charge in [-0.15, -0.1) is 0 Å². The third-order valence-corrected chi connectivity index (χ3v) is 3.77. The van der Waals surface area contributed by atoms with Gasteiger partial charge >= 0.3 is 11.7 Å². The van der Waals surface area contributed by atoms with Crippen molar-refractivity contribution < 1.29 is 24.0 Å². The fourth-order valence-electron chi connectivity index (χ4n) is 2.17. The molecule has 142 valence electrons. The molecule has 0 aliphatic heterocycles. The second kappa shape index (κ2) is 9.54. The molecule has 1 N–H and O–H groups in total. The highest BCUT2D eigenvalue weighted by atomic mass is 35.5. The largest absolute Gasteiger partial charge is 0.475 e. The van der Waals surface area contributed by atoms with Crippen molar-refractivity contribution in [1.29, 1.82) is 0 Å². The van der Waals surface area contributed by atoms with Gasteiger partial charge in [-0.05, 0) is 30.7 Å². The Morgan fingerprint density at radius 1 is 1.15 bits per heavy atom. The summed E-state index contributed by atoms with van der Waals surface area (Å²) in [6, 6.07) is 12.3. The number of rotatable bonds is 8. The number of nitrogens with one attached hydrogen (secondary N) is 1. The molecule has 0 radical (unpaired) electrons. The molecule has 0 aliphatic carbocycles. The van der Waals surface area contributed by atoms with Crippen molar-refractivity contribution in [3.05, 3.63) is 69.2 Å². The second-order valence-corrected chi connectivity index (χ2v) is 5.95. The van der Waals surface area contributed by atoms with Gasteiger partial charge in [0.15, 0.2) is 19.0 Å². The number of benzene rings is 2. The average Bonchev–Trinajstić information content (AvgIpc) is 2.65. The maximum Gasteiger partial charge on any atom is 0.344 e. The molecule has 2 aromatic carbocycles. The van der Waals surface area contributed by atoms with Crippen LogP contribution in [0, 0.1) is 10.1 Å². The third kappa shape index (κ3) is 6.27. The number of halogens is 1. The van der Waals surface area contributed by atoms with Gasteiger partial charge in [-0.1, -0.05) is 35.9 Å². The van der Waals surface area contributed by atoms with Gasteiger partial charge in [-0.25, -0.2) is 4.79 Å². The van der Waals surface area contributed by atoms with Gasteiger partial charge in [-0.3, -0.25) is 14.9 Å². The number of nitro benzene ring substituents is 1. The molecule has 1 atom stereocenters. The van der Waals surface area contributed by atoms with E-state index < -0.39 is 30.0 Å². The first-order chi connectivity index (χ1) is 12.9. The van der Waals surface area contributed by atoms with Crippen LogP contribution in [0.2, 0.25) is 5.02 Å². The first kappa shape index (κ1) is 20.2. The molecule has 9 heteroatoms. The summed E-state index contributed by atoms with van der Waals surface area (Å²) in [6.45, 7) is 0.739. The highest BCUT2D eigenvalue weighted by Gasteiger charge is 2.16. The number of carbonyl (C=O) groups excluding carboxylic acids is 2. The third-order valence-electron chi connectivity index (χ3n) is 3.52. The maximum absolute atomic E-state index is 11.9. The molecule has 0 bridgehead atoms. The number of ether oxygens (including phenoxy) is 2. The zero-order valence-corrected chi connectivity index (χ0v) is 15.1. The SMILES string of the molecule is C[C@@H](NC(=O)COC(=O)COc1ccccc1[N+](=O)[O-])c1ccc(Cl)cc1. The standard InChI is InChI=1S/C18H17ClN2O6/c1-12(13-6-8-14(19)9-7-13)20-17(22)10-27-18(23)11-26-16-5-3-2-4-15(16)21(24)25/h2-9,12H,10-11H2,1H3,(H,20,22)/t12-/m1/s1. The van der Waals surface area contributed by atoms with Crippen molar-refractivity contribution in [3.63, 3.8) is 0 Å². The number of esters is 1. The smallest absolute Gasteiger partial charge is 0.344 e. The lowest BCUT2D eigenvalue weighted by Crippen LogP contribution is -2.31. The van der Waals surface area contributed by atoms with Crippen molar-refractivity contribution in [2.75, 3.05) is 13.2 Å². The number of nitrogens with zero attached hydrogens (tertiary/aromatic N) is 1. The van der Waals surface area contributed by atoms with Crippen LogP contribution in [-0.2, 0) is 14.3 Å². The van der Waals surface area contributed by atoms with E-state index in [9.17, 15) is 19.7 Å². The van der Waals surface area contributed by atoms with E-state index in [4.69, 9.17) is 21.1 Å². The summed E-state index contributed by atoms with van der Waals surface area (Å²) in [4.78, 5) is 33.8. The molecule has 0 saturated heterocycles. The molecule has 8 nitrogen and oxygen atoms in total. The zero-order valence-electron chi connectivity index (χ0n) is 14.4. The number of carbonyl (C=O) groups is 2. The molecule has 27 heavy (non-hydrogen) atoms. The molecule has 0 unspecified atom stereocenters. The van der Waals surface area contributed by atoms with E-state index >= 15 is 0 Å². The predicted molar refractivity (Wildman–Crippen MR) is 97.6 cm³/mol. The average molecular weight is 393 g/mol. The van der Waals surface area contributed by atoms with E-state index in [-0.39, 0.29) is 17.5 Å². The summed E-state index contributed by atoms with van der Waals surface area (Å²) in [7, 11) is 0. The van der Waals surface area contributed by atoms with E-state index in [0.29, 0.717) is 5.02 Å². The van der Waals surface area contributed by atoms with Crippen LogP contribution in [-0.4, -0.2) is 30.0 Å². The number of amides is 1. The van der Waals surface area contributed by atoms with Gasteiger partial charge in [0.25, 0.3) is 5.91 Å². The topological polar surface area (TPSA) is 108 Å². The minimum Gasteiger partial charge on any atom is -0.475 e. The van der Waals surface area contributed by atoms with Crippen LogP contribution >= 0.6 is 11.6 Å². The van der Waals surface area contributed by atoms with Crippen molar-refractivity contribution in [2.24, 2.45) is 0 Å². The van der Waals surface area contributed by atoms with E-state index in [1.165, 1.54) is 18.2 Å². The monoisotopic (exact) mass is 392 g/mol. The van der Waals surface area contributed by atoms with Gasteiger partial charge in [0, 0.05) is 11.1 Å². The Bertz CT molecular complexity index is 825. The molecule has 0 aliphatic rings. The van der Waals surface area contributed by atoms with Crippen LogP contribution in [0.1, 0.15) is 18.5 Å². The Morgan fingerprint density at radius 2 is 1.81 bits per heavy atom. The molecule has 0 aromatic heterocycles. The Hall–Kier alpha value is -3.13. The molecule has 1 amide bonds. The van der Waals surface area contributed by atoms with Crippen molar-refractivity contribution in [2.45, 2.75) is 13.0 Å². The van der Waals surface area contributed by atoms with Gasteiger partial charge in [0.05, 0.1) is 11.0 Å². The first-order valence-electron chi connectivity index (χ1n) is 7.93. The zero-order chi connectivity index (χ0) is 19.8. The van der Waals surface area contributed by atoms with Gasteiger partial charge in [0.2, 0.25) is 0 Å². The van der Waals surface area contributed by atoms with Crippen LogP contribution in [0.4, 0.5) is 5.69 Å². The minimum absolute atomic E-state index is 0.0553. The molecule has 0 fully saturated rings. The number of para-hydroxylation sites is 2. The summed E-state index contributed by atoms with van der Waals surface area (Å²) in [5.74, 6) is -1.36. The molecular formula is C18H17ClN2O6.